The first-order valence-electron chi connectivity index (χ1n) is 8.91. The lowest BCUT2D eigenvalue weighted by molar-refractivity contribution is 0.0937. The van der Waals surface area contributed by atoms with E-state index in [1.807, 2.05) is 6.92 Å². The van der Waals surface area contributed by atoms with Crippen LogP contribution in [0.2, 0.25) is 0 Å². The molecule has 2 aliphatic rings. The first-order valence-corrected chi connectivity index (χ1v) is 10.4. The monoisotopic (exact) mass is 350 g/mol. The number of carbonyl (C=O) groups is 1. The number of nitrogens with zero attached hydrogens (tertiary/aromatic N) is 1. The van der Waals surface area contributed by atoms with Gasteiger partial charge in [-0.3, -0.25) is 4.79 Å². The van der Waals surface area contributed by atoms with E-state index < -0.39 is 10.0 Å². The summed E-state index contributed by atoms with van der Waals surface area (Å²) < 4.78 is 27.2. The smallest absolute Gasteiger partial charge is 0.251 e. The van der Waals surface area contributed by atoms with Crippen LogP contribution in [0, 0.1) is 0 Å². The Kier molecular flexibility index (Phi) is 5.25. The van der Waals surface area contributed by atoms with Gasteiger partial charge in [-0.25, -0.2) is 8.42 Å². The number of benzene rings is 1. The molecule has 1 aliphatic heterocycles. The Hall–Kier alpha value is -1.40. The number of nitrogens with one attached hydrogen (secondary N) is 1. The summed E-state index contributed by atoms with van der Waals surface area (Å²) in [6.45, 7) is 2.54. The Labute approximate surface area is 144 Å². The van der Waals surface area contributed by atoms with E-state index in [4.69, 9.17) is 0 Å². The van der Waals surface area contributed by atoms with Gasteiger partial charge in [-0.1, -0.05) is 19.3 Å². The van der Waals surface area contributed by atoms with Crippen molar-refractivity contribution in [2.45, 2.75) is 68.8 Å². The lowest BCUT2D eigenvalue weighted by atomic mass is 10.1. The maximum absolute atomic E-state index is 12.8. The Morgan fingerprint density at radius 1 is 1.04 bits per heavy atom. The van der Waals surface area contributed by atoms with Crippen LogP contribution in [0.5, 0.6) is 0 Å². The highest BCUT2D eigenvalue weighted by atomic mass is 32.2. The highest BCUT2D eigenvalue weighted by Crippen LogP contribution is 2.25. The standard InChI is InChI=1S/C18H26N2O3S/c1-14-6-4-5-13-20(14)24(22,23)17-11-9-15(10-12-17)18(21)19-16-7-2-3-8-16/h9-12,14,16H,2-8,13H2,1H3,(H,19,21). The van der Waals surface area contributed by atoms with Crippen molar-refractivity contribution in [3.8, 4) is 0 Å². The Morgan fingerprint density at radius 2 is 1.67 bits per heavy atom. The summed E-state index contributed by atoms with van der Waals surface area (Å²) in [4.78, 5) is 12.5. The fraction of sp³-hybridized carbons (Fsp3) is 0.611. The normalized spacial score (nSPS) is 23.3. The largest absolute Gasteiger partial charge is 0.349 e. The van der Waals surface area contributed by atoms with Crippen LogP contribution in [0.15, 0.2) is 29.2 Å². The van der Waals surface area contributed by atoms with E-state index in [1.54, 1.807) is 28.6 Å². The van der Waals surface area contributed by atoms with E-state index in [-0.39, 0.29) is 22.9 Å². The van der Waals surface area contributed by atoms with Gasteiger partial charge in [0.15, 0.2) is 0 Å². The van der Waals surface area contributed by atoms with Crippen molar-refractivity contribution in [2.75, 3.05) is 6.54 Å². The second-order valence-corrected chi connectivity index (χ2v) is 8.83. The number of amides is 1. The summed E-state index contributed by atoms with van der Waals surface area (Å²) in [7, 11) is -3.47. The number of carbonyl (C=O) groups excluding carboxylic acids is 1. The van der Waals surface area contributed by atoms with Crippen LogP contribution in [0.1, 0.15) is 62.2 Å². The SMILES string of the molecule is CC1CCCCN1S(=O)(=O)c1ccc(C(=O)NC2CCCC2)cc1. The van der Waals surface area contributed by atoms with E-state index in [1.165, 1.54) is 0 Å². The lowest BCUT2D eigenvalue weighted by Gasteiger charge is -2.32. The maximum atomic E-state index is 12.8. The van der Waals surface area contributed by atoms with Crippen LogP contribution in [-0.2, 0) is 10.0 Å². The van der Waals surface area contributed by atoms with Gasteiger partial charge in [-0.05, 0) is 56.9 Å². The molecule has 132 valence electrons. The number of hydrogen-bond donors (Lipinski definition) is 1. The van der Waals surface area contributed by atoms with E-state index >= 15 is 0 Å². The zero-order valence-electron chi connectivity index (χ0n) is 14.2. The molecule has 1 atom stereocenters. The summed E-state index contributed by atoms with van der Waals surface area (Å²) in [5.41, 5.74) is 0.521. The van der Waals surface area contributed by atoms with Gasteiger partial charge >= 0.3 is 0 Å². The van der Waals surface area contributed by atoms with Crippen LogP contribution >= 0.6 is 0 Å². The molecule has 1 unspecified atom stereocenters. The molecule has 24 heavy (non-hydrogen) atoms. The van der Waals surface area contributed by atoms with Crippen molar-refractivity contribution in [3.05, 3.63) is 29.8 Å². The van der Waals surface area contributed by atoms with Crippen molar-refractivity contribution in [1.82, 2.24) is 9.62 Å². The summed E-state index contributed by atoms with van der Waals surface area (Å²) in [6.07, 6.45) is 7.28. The van der Waals surface area contributed by atoms with Gasteiger partial charge in [0, 0.05) is 24.2 Å². The highest BCUT2D eigenvalue weighted by Gasteiger charge is 2.31. The molecule has 1 saturated carbocycles. The van der Waals surface area contributed by atoms with Crippen molar-refractivity contribution < 1.29 is 13.2 Å². The molecule has 1 heterocycles. The molecule has 1 aromatic carbocycles. The third-order valence-corrected chi connectivity index (χ3v) is 7.18. The third kappa shape index (κ3) is 3.64. The third-order valence-electron chi connectivity index (χ3n) is 5.16. The van der Waals surface area contributed by atoms with Gasteiger partial charge in [0.25, 0.3) is 5.91 Å². The first kappa shape index (κ1) is 17.4. The molecule has 0 radical (unpaired) electrons. The second kappa shape index (κ2) is 7.23. The van der Waals surface area contributed by atoms with Crippen LogP contribution in [0.3, 0.4) is 0 Å². The molecule has 1 aliphatic carbocycles. The van der Waals surface area contributed by atoms with Gasteiger partial charge in [-0.15, -0.1) is 0 Å². The van der Waals surface area contributed by atoms with Crippen LogP contribution in [0.4, 0.5) is 0 Å². The Balaban J connectivity index is 1.72. The quantitative estimate of drug-likeness (QED) is 0.908. The van der Waals surface area contributed by atoms with Crippen molar-refractivity contribution >= 4 is 15.9 Å². The fourth-order valence-corrected chi connectivity index (χ4v) is 5.38. The molecule has 2 fully saturated rings. The summed E-state index contributed by atoms with van der Waals surface area (Å²) in [5, 5.41) is 3.02. The van der Waals surface area contributed by atoms with E-state index in [0.717, 1.165) is 44.9 Å². The van der Waals surface area contributed by atoms with Crippen LogP contribution in [0.25, 0.3) is 0 Å². The van der Waals surface area contributed by atoms with Crippen molar-refractivity contribution in [3.63, 3.8) is 0 Å². The average Bonchev–Trinajstić information content (AvgIpc) is 3.08. The van der Waals surface area contributed by atoms with Crippen molar-refractivity contribution in [2.24, 2.45) is 0 Å². The zero-order valence-corrected chi connectivity index (χ0v) is 15.0. The molecular formula is C18H26N2O3S. The molecule has 1 aromatic rings. The van der Waals surface area contributed by atoms with Crippen LogP contribution in [-0.4, -0.2) is 37.3 Å². The number of rotatable bonds is 4. The molecule has 1 N–H and O–H groups in total. The fourth-order valence-electron chi connectivity index (χ4n) is 3.68. The number of hydrogen-bond acceptors (Lipinski definition) is 3. The summed E-state index contributed by atoms with van der Waals surface area (Å²) >= 11 is 0. The zero-order chi connectivity index (χ0) is 17.2. The van der Waals surface area contributed by atoms with Crippen LogP contribution < -0.4 is 5.32 Å². The molecule has 5 nitrogen and oxygen atoms in total. The minimum atomic E-state index is -3.47. The predicted molar refractivity (Wildman–Crippen MR) is 93.4 cm³/mol. The predicted octanol–water partition coefficient (Wildman–Crippen LogP) is 2.92. The van der Waals surface area contributed by atoms with E-state index in [2.05, 4.69) is 5.32 Å². The topological polar surface area (TPSA) is 66.5 Å². The van der Waals surface area contributed by atoms with Gasteiger partial charge in [0.2, 0.25) is 10.0 Å². The Morgan fingerprint density at radius 3 is 2.29 bits per heavy atom. The summed E-state index contributed by atoms with van der Waals surface area (Å²) in [6, 6.07) is 6.64. The first-order chi connectivity index (χ1) is 11.5. The second-order valence-electron chi connectivity index (χ2n) is 6.94. The minimum Gasteiger partial charge on any atom is -0.349 e. The Bertz CT molecular complexity index is 679. The number of piperidine rings is 1. The van der Waals surface area contributed by atoms with Gasteiger partial charge in [0.05, 0.1) is 4.90 Å². The van der Waals surface area contributed by atoms with Gasteiger partial charge in [0.1, 0.15) is 0 Å². The highest BCUT2D eigenvalue weighted by molar-refractivity contribution is 7.89. The average molecular weight is 350 g/mol. The van der Waals surface area contributed by atoms with E-state index in [0.29, 0.717) is 12.1 Å². The van der Waals surface area contributed by atoms with Crippen molar-refractivity contribution in [1.29, 1.82) is 0 Å². The van der Waals surface area contributed by atoms with Gasteiger partial charge in [-0.2, -0.15) is 4.31 Å². The maximum Gasteiger partial charge on any atom is 0.251 e. The molecule has 1 saturated heterocycles. The number of sulfonamides is 1. The molecular weight excluding hydrogens is 324 g/mol. The summed E-state index contributed by atoms with van der Waals surface area (Å²) in [5.74, 6) is -0.114. The molecule has 0 spiro atoms. The molecule has 3 rings (SSSR count). The molecule has 1 amide bonds. The lowest BCUT2D eigenvalue weighted by Crippen LogP contribution is -2.41. The molecule has 0 aromatic heterocycles. The van der Waals surface area contributed by atoms with Gasteiger partial charge < -0.3 is 5.32 Å². The minimum absolute atomic E-state index is 0.0362. The van der Waals surface area contributed by atoms with E-state index in [9.17, 15) is 13.2 Å². The molecule has 6 heteroatoms. The molecule has 0 bridgehead atoms.